The summed E-state index contributed by atoms with van der Waals surface area (Å²) in [6.45, 7) is 1.45. The summed E-state index contributed by atoms with van der Waals surface area (Å²) in [5.41, 5.74) is 0. The molecule has 0 unspecified atom stereocenters. The van der Waals surface area contributed by atoms with Gasteiger partial charge >= 0.3 is 29.6 Å². The van der Waals surface area contributed by atoms with E-state index in [1.54, 1.807) is 0 Å². The third kappa shape index (κ3) is 9.92. The van der Waals surface area contributed by atoms with Crippen LogP contribution in [0.25, 0.3) is 0 Å². The van der Waals surface area contributed by atoms with Crippen LogP contribution in [0.4, 0.5) is 13.2 Å². The van der Waals surface area contributed by atoms with Crippen molar-refractivity contribution >= 4 is 0 Å². The molecule has 0 nitrogen and oxygen atoms in total. The minimum Gasteiger partial charge on any atom is -0.227 e. The van der Waals surface area contributed by atoms with Crippen molar-refractivity contribution in [1.82, 2.24) is 0 Å². The molecule has 4 heteroatoms. The summed E-state index contributed by atoms with van der Waals surface area (Å²) >= 11 is 0. The first-order chi connectivity index (χ1) is 3.06. The van der Waals surface area contributed by atoms with Crippen LogP contribution in [0.3, 0.4) is 0 Å². The van der Waals surface area contributed by atoms with Gasteiger partial charge in [-0.15, -0.1) is 0 Å². The molecule has 0 amide bonds. The Balaban J connectivity index is 0. The van der Waals surface area contributed by atoms with E-state index in [1.165, 1.54) is 6.92 Å². The van der Waals surface area contributed by atoms with Crippen LogP contribution in [0.5, 0.6) is 0 Å². The van der Waals surface area contributed by atoms with Gasteiger partial charge in [-0.05, 0) is 0 Å². The molecule has 0 rings (SSSR count). The van der Waals surface area contributed by atoms with Crippen LogP contribution in [0.15, 0.2) is 0 Å². The summed E-state index contributed by atoms with van der Waals surface area (Å²) in [6, 6.07) is 0. The van der Waals surface area contributed by atoms with E-state index in [2.05, 4.69) is 0 Å². The fourth-order valence-electron chi connectivity index (χ4n) is 0.231. The minimum atomic E-state index is -4.07. The zero-order chi connectivity index (χ0) is 5.91. The van der Waals surface area contributed by atoms with E-state index in [9.17, 15) is 13.2 Å². The molecule has 0 N–H and O–H groups in total. The fraction of sp³-hybridized carbons (Fsp3) is 0.750. The van der Waals surface area contributed by atoms with Gasteiger partial charge in [-0.2, -0.15) is 6.42 Å². The van der Waals surface area contributed by atoms with Gasteiger partial charge in [0.05, 0.1) is 0 Å². The maximum absolute atomic E-state index is 11.0. The normalized spacial score (nSPS) is 10.5. The molecule has 0 atom stereocenters. The topological polar surface area (TPSA) is 0 Å². The number of rotatable bonds is 1. The van der Waals surface area contributed by atoms with Gasteiger partial charge in [0.25, 0.3) is 6.18 Å². The van der Waals surface area contributed by atoms with E-state index in [-0.39, 0.29) is 36.0 Å². The van der Waals surface area contributed by atoms with E-state index < -0.39 is 6.18 Å². The minimum absolute atomic E-state index is 0. The third-order valence-electron chi connectivity index (χ3n) is 0.436. The maximum Gasteiger partial charge on any atom is 1.00 e. The van der Waals surface area contributed by atoms with Crippen molar-refractivity contribution < 1.29 is 42.7 Å². The molecule has 0 bridgehead atoms. The second kappa shape index (κ2) is 4.65. The standard InChI is InChI=1S/C4H6F3.Na/c1-2-3-4(5,6)7;/h3H,2H2,1H3;/q-1;+1. The number of halogens is 3. The molecule has 8 heavy (non-hydrogen) atoms. The van der Waals surface area contributed by atoms with Crippen molar-refractivity contribution in [3.05, 3.63) is 6.42 Å². The molecule has 0 aliphatic carbocycles. The quantitative estimate of drug-likeness (QED) is 0.324. The second-order valence-electron chi connectivity index (χ2n) is 1.15. The average Bonchev–Trinajstić information content (AvgIpc) is 1.30. The van der Waals surface area contributed by atoms with Crippen molar-refractivity contribution in [2.75, 3.05) is 0 Å². The molecule has 0 aromatic rings. The molecular formula is C4H6F3Na. The van der Waals surface area contributed by atoms with Crippen molar-refractivity contribution in [2.45, 2.75) is 19.5 Å². The molecule has 0 aliphatic rings. The molecule has 0 saturated carbocycles. The third-order valence-corrected chi connectivity index (χ3v) is 0.436. The summed E-state index contributed by atoms with van der Waals surface area (Å²) in [5.74, 6) is 0. The summed E-state index contributed by atoms with van der Waals surface area (Å²) in [6.07, 6.45) is -3.70. The van der Waals surface area contributed by atoms with Crippen LogP contribution >= 0.6 is 0 Å². The fourth-order valence-corrected chi connectivity index (χ4v) is 0.231. The Morgan fingerprint density at radius 3 is 1.75 bits per heavy atom. The van der Waals surface area contributed by atoms with Gasteiger partial charge in [0.15, 0.2) is 0 Å². The number of alkyl halides is 3. The average molecular weight is 134 g/mol. The zero-order valence-electron chi connectivity index (χ0n) is 4.92. The maximum atomic E-state index is 11.0. The molecule has 0 aromatic heterocycles. The number of hydrogen-bond acceptors (Lipinski definition) is 0. The Labute approximate surface area is 68.7 Å². The van der Waals surface area contributed by atoms with E-state index in [1.807, 2.05) is 0 Å². The van der Waals surface area contributed by atoms with Crippen LogP contribution in [0, 0.1) is 6.42 Å². The largest absolute Gasteiger partial charge is 1.00 e. The monoisotopic (exact) mass is 134 g/mol. The van der Waals surface area contributed by atoms with Crippen molar-refractivity contribution in [3.63, 3.8) is 0 Å². The molecular weight excluding hydrogens is 128 g/mol. The van der Waals surface area contributed by atoms with Gasteiger partial charge in [-0.1, -0.05) is 6.92 Å². The second-order valence-corrected chi connectivity index (χ2v) is 1.15. The van der Waals surface area contributed by atoms with E-state index >= 15 is 0 Å². The Hall–Kier alpha value is 0.790. The van der Waals surface area contributed by atoms with Gasteiger partial charge in [0, 0.05) is 0 Å². The van der Waals surface area contributed by atoms with Gasteiger partial charge in [-0.25, -0.2) is 19.6 Å². The Morgan fingerprint density at radius 2 is 1.75 bits per heavy atom. The summed E-state index contributed by atoms with van der Waals surface area (Å²) in [4.78, 5) is 0. The van der Waals surface area contributed by atoms with Gasteiger partial charge < -0.3 is 0 Å². The molecule has 0 aromatic carbocycles. The summed E-state index contributed by atoms with van der Waals surface area (Å²) < 4.78 is 33.0. The van der Waals surface area contributed by atoms with Crippen LogP contribution in [-0.2, 0) is 0 Å². The first kappa shape index (κ1) is 11.6. The van der Waals surface area contributed by atoms with Crippen LogP contribution in [0.2, 0.25) is 0 Å². The SMILES string of the molecule is CC[CH-]C(F)(F)F.[Na+]. The smallest absolute Gasteiger partial charge is 0.227 e. The van der Waals surface area contributed by atoms with E-state index in [4.69, 9.17) is 0 Å². The molecule has 0 saturated heterocycles. The molecule has 0 radical (unpaired) electrons. The molecule has 0 fully saturated rings. The van der Waals surface area contributed by atoms with Crippen molar-refractivity contribution in [1.29, 1.82) is 0 Å². The zero-order valence-corrected chi connectivity index (χ0v) is 6.92. The Bertz CT molecular complexity index is 49.7. The van der Waals surface area contributed by atoms with Crippen LogP contribution in [0.1, 0.15) is 13.3 Å². The predicted octanol–water partition coefficient (Wildman–Crippen LogP) is -0.833. The molecule has 0 heterocycles. The van der Waals surface area contributed by atoms with Gasteiger partial charge in [-0.3, -0.25) is 0 Å². The van der Waals surface area contributed by atoms with Crippen molar-refractivity contribution in [3.8, 4) is 0 Å². The molecule has 0 aliphatic heterocycles. The van der Waals surface area contributed by atoms with E-state index in [0.29, 0.717) is 6.42 Å². The first-order valence-electron chi connectivity index (χ1n) is 1.97. The van der Waals surface area contributed by atoms with Gasteiger partial charge in [0.1, 0.15) is 0 Å². The molecule has 44 valence electrons. The Kier molecular flexibility index (Phi) is 6.72. The number of hydrogen-bond donors (Lipinski definition) is 0. The Morgan fingerprint density at radius 1 is 1.38 bits per heavy atom. The van der Waals surface area contributed by atoms with Gasteiger partial charge in [0.2, 0.25) is 0 Å². The summed E-state index contributed by atoms with van der Waals surface area (Å²) in [7, 11) is 0. The first-order valence-corrected chi connectivity index (χ1v) is 1.97. The van der Waals surface area contributed by atoms with Crippen LogP contribution < -0.4 is 29.6 Å². The molecule has 0 spiro atoms. The van der Waals surface area contributed by atoms with Crippen LogP contribution in [-0.4, -0.2) is 6.18 Å². The van der Waals surface area contributed by atoms with E-state index in [0.717, 1.165) is 0 Å². The predicted molar refractivity (Wildman–Crippen MR) is 20.6 cm³/mol. The summed E-state index contributed by atoms with van der Waals surface area (Å²) in [5, 5.41) is 0. The van der Waals surface area contributed by atoms with Crippen molar-refractivity contribution in [2.24, 2.45) is 0 Å².